The molecule has 3 heterocycles. The van der Waals surface area contributed by atoms with Gasteiger partial charge in [-0.25, -0.2) is 4.98 Å². The van der Waals surface area contributed by atoms with Crippen molar-refractivity contribution in [1.29, 1.82) is 0 Å². The minimum atomic E-state index is -0.0382. The summed E-state index contributed by atoms with van der Waals surface area (Å²) in [6.07, 6.45) is 8.57. The Morgan fingerprint density at radius 3 is 2.76 bits per heavy atom. The van der Waals surface area contributed by atoms with E-state index in [1.165, 1.54) is 41.1 Å². The highest BCUT2D eigenvalue weighted by atomic mass is 32.1. The molecule has 0 saturated carbocycles. The van der Waals surface area contributed by atoms with E-state index in [9.17, 15) is 4.79 Å². The number of aliphatic imine (C=N–C) groups is 1. The lowest BCUT2D eigenvalue weighted by atomic mass is 10.0. The van der Waals surface area contributed by atoms with Crippen molar-refractivity contribution in [3.8, 4) is 0 Å². The van der Waals surface area contributed by atoms with Gasteiger partial charge in [0, 0.05) is 51.1 Å². The van der Waals surface area contributed by atoms with Crippen LogP contribution in [0.3, 0.4) is 0 Å². The Balaban J connectivity index is 1.20. The molecule has 0 bridgehead atoms. The van der Waals surface area contributed by atoms with Gasteiger partial charge in [-0.3, -0.25) is 9.79 Å². The summed E-state index contributed by atoms with van der Waals surface area (Å²) in [5, 5.41) is 4.75. The zero-order chi connectivity index (χ0) is 20.1. The third-order valence-electron chi connectivity index (χ3n) is 5.55. The summed E-state index contributed by atoms with van der Waals surface area (Å²) in [4.78, 5) is 27.2. The Kier molecular flexibility index (Phi) is 6.49. The molecule has 2 aromatic rings. The van der Waals surface area contributed by atoms with E-state index in [0.717, 1.165) is 44.9 Å². The van der Waals surface area contributed by atoms with E-state index in [2.05, 4.69) is 15.2 Å². The first-order chi connectivity index (χ1) is 14.2. The number of carbonyl (C=O) groups is 1. The van der Waals surface area contributed by atoms with Gasteiger partial charge in [0.15, 0.2) is 11.7 Å². The van der Waals surface area contributed by atoms with E-state index >= 15 is 0 Å². The molecule has 1 saturated heterocycles. The maximum atomic E-state index is 12.4. The summed E-state index contributed by atoms with van der Waals surface area (Å²) < 4.78 is 5.23. The van der Waals surface area contributed by atoms with Gasteiger partial charge in [-0.2, -0.15) is 0 Å². The highest BCUT2D eigenvalue weighted by Crippen LogP contribution is 2.27. The molecule has 0 spiro atoms. The molecule has 29 heavy (non-hydrogen) atoms. The average Bonchev–Trinajstić information content (AvgIpc) is 3.43. The number of aromatic nitrogens is 1. The van der Waals surface area contributed by atoms with E-state index < -0.39 is 0 Å². The number of guanidine groups is 1. The topological polar surface area (TPSA) is 74.0 Å². The van der Waals surface area contributed by atoms with Crippen LogP contribution in [0.2, 0.25) is 0 Å². The van der Waals surface area contributed by atoms with Crippen LogP contribution in [0, 0.1) is 0 Å². The number of rotatable bonds is 5. The summed E-state index contributed by atoms with van der Waals surface area (Å²) >= 11 is 1.91. The molecule has 1 aliphatic carbocycles. The van der Waals surface area contributed by atoms with Crippen LogP contribution < -0.4 is 5.32 Å². The van der Waals surface area contributed by atoms with Crippen molar-refractivity contribution < 1.29 is 9.21 Å². The van der Waals surface area contributed by atoms with Gasteiger partial charge in [0.05, 0.1) is 17.0 Å². The van der Waals surface area contributed by atoms with E-state index in [4.69, 9.17) is 9.40 Å². The quantitative estimate of drug-likeness (QED) is 0.462. The molecule has 1 aliphatic heterocycles. The van der Waals surface area contributed by atoms with Crippen LogP contribution in [0.1, 0.15) is 45.4 Å². The van der Waals surface area contributed by atoms with Crippen LogP contribution in [0.4, 0.5) is 0 Å². The largest absolute Gasteiger partial charge is 0.459 e. The van der Waals surface area contributed by atoms with Crippen molar-refractivity contribution in [3.63, 3.8) is 0 Å². The maximum absolute atomic E-state index is 12.4. The molecule has 4 rings (SSSR count). The lowest BCUT2D eigenvalue weighted by Gasteiger charge is -2.36. The van der Waals surface area contributed by atoms with Crippen molar-refractivity contribution in [1.82, 2.24) is 20.1 Å². The number of aryl methyl sites for hydroxylation is 3. The number of furan rings is 1. The summed E-state index contributed by atoms with van der Waals surface area (Å²) in [7, 11) is 1.82. The minimum Gasteiger partial charge on any atom is -0.459 e. The van der Waals surface area contributed by atoms with Crippen LogP contribution in [0.25, 0.3) is 0 Å². The second-order valence-corrected chi connectivity index (χ2v) is 8.69. The average molecular weight is 416 g/mol. The predicted octanol–water partition coefficient (Wildman–Crippen LogP) is 2.58. The molecule has 2 aromatic heterocycles. The van der Waals surface area contributed by atoms with Crippen molar-refractivity contribution in [2.45, 2.75) is 38.5 Å². The van der Waals surface area contributed by atoms with Gasteiger partial charge in [0.1, 0.15) is 0 Å². The standard InChI is InChI=1S/C21H29N5O2S/c1-22-21(23-10-4-9-19-24-16-6-2-3-8-18(16)29-19)26-13-11-25(12-14-26)20(27)17-7-5-15-28-17/h5,7,15H,2-4,6,8-14H2,1H3,(H,22,23). The first-order valence-electron chi connectivity index (χ1n) is 10.5. The van der Waals surface area contributed by atoms with Gasteiger partial charge >= 0.3 is 0 Å². The molecule has 1 fully saturated rings. The minimum absolute atomic E-state index is 0.0382. The fourth-order valence-electron chi connectivity index (χ4n) is 3.96. The van der Waals surface area contributed by atoms with Gasteiger partial charge < -0.3 is 19.5 Å². The summed E-state index contributed by atoms with van der Waals surface area (Å²) in [5.74, 6) is 1.28. The SMILES string of the molecule is CN=C(NCCCc1nc2c(s1)CCCC2)N1CCN(C(=O)c2ccco2)CC1. The van der Waals surface area contributed by atoms with Crippen LogP contribution in [0.15, 0.2) is 27.8 Å². The predicted molar refractivity (Wildman–Crippen MR) is 115 cm³/mol. The molecule has 0 unspecified atom stereocenters. The Bertz CT molecular complexity index is 814. The molecule has 0 atom stereocenters. The molecular weight excluding hydrogens is 386 g/mol. The van der Waals surface area contributed by atoms with Gasteiger partial charge in [0.2, 0.25) is 0 Å². The number of thiazole rings is 1. The summed E-state index contributed by atoms with van der Waals surface area (Å²) in [5.41, 5.74) is 1.35. The molecule has 7 nitrogen and oxygen atoms in total. The van der Waals surface area contributed by atoms with Crippen molar-refractivity contribution in [3.05, 3.63) is 39.7 Å². The number of hydrogen-bond acceptors (Lipinski definition) is 5. The molecule has 0 aromatic carbocycles. The zero-order valence-electron chi connectivity index (χ0n) is 17.0. The highest BCUT2D eigenvalue weighted by Gasteiger charge is 2.25. The van der Waals surface area contributed by atoms with Gasteiger partial charge in [-0.1, -0.05) is 0 Å². The lowest BCUT2D eigenvalue weighted by Crippen LogP contribution is -2.53. The number of fused-ring (bicyclic) bond motifs is 1. The number of amides is 1. The molecule has 2 aliphatic rings. The second-order valence-electron chi connectivity index (χ2n) is 7.52. The Labute approximate surface area is 175 Å². The lowest BCUT2D eigenvalue weighted by molar-refractivity contribution is 0.0658. The van der Waals surface area contributed by atoms with E-state index in [-0.39, 0.29) is 5.91 Å². The van der Waals surface area contributed by atoms with Crippen molar-refractivity contribution >= 4 is 23.2 Å². The Morgan fingerprint density at radius 2 is 2.03 bits per heavy atom. The molecule has 156 valence electrons. The monoisotopic (exact) mass is 415 g/mol. The van der Waals surface area contributed by atoms with Crippen molar-refractivity contribution in [2.24, 2.45) is 4.99 Å². The van der Waals surface area contributed by atoms with Crippen LogP contribution >= 0.6 is 11.3 Å². The number of hydrogen-bond donors (Lipinski definition) is 1. The zero-order valence-corrected chi connectivity index (χ0v) is 17.8. The Morgan fingerprint density at radius 1 is 1.24 bits per heavy atom. The molecule has 1 N–H and O–H groups in total. The first-order valence-corrected chi connectivity index (χ1v) is 11.3. The number of piperazine rings is 1. The van der Waals surface area contributed by atoms with Crippen LogP contribution in [-0.4, -0.2) is 66.4 Å². The van der Waals surface area contributed by atoms with Gasteiger partial charge in [0.25, 0.3) is 5.91 Å². The molecule has 0 radical (unpaired) electrons. The van der Waals surface area contributed by atoms with Crippen LogP contribution in [0.5, 0.6) is 0 Å². The van der Waals surface area contributed by atoms with E-state index in [1.807, 2.05) is 23.3 Å². The van der Waals surface area contributed by atoms with Gasteiger partial charge in [-0.05, 0) is 44.2 Å². The van der Waals surface area contributed by atoms with E-state index in [0.29, 0.717) is 18.8 Å². The second kappa shape index (κ2) is 9.43. The van der Waals surface area contributed by atoms with Crippen molar-refractivity contribution in [2.75, 3.05) is 39.8 Å². The number of nitrogens with zero attached hydrogens (tertiary/aromatic N) is 4. The summed E-state index contributed by atoms with van der Waals surface area (Å²) in [6.45, 7) is 3.76. The number of nitrogens with one attached hydrogen (secondary N) is 1. The number of carbonyl (C=O) groups excluding carboxylic acids is 1. The first kappa shape index (κ1) is 19.9. The third-order valence-corrected chi connectivity index (χ3v) is 6.77. The molecule has 1 amide bonds. The third kappa shape index (κ3) is 4.80. The molecule has 8 heteroatoms. The fourth-order valence-corrected chi connectivity index (χ4v) is 5.16. The van der Waals surface area contributed by atoms with Gasteiger partial charge in [-0.15, -0.1) is 11.3 Å². The maximum Gasteiger partial charge on any atom is 0.289 e. The van der Waals surface area contributed by atoms with E-state index in [1.54, 1.807) is 12.1 Å². The Hall–Kier alpha value is -2.35. The normalized spacial score (nSPS) is 17.3. The summed E-state index contributed by atoms with van der Waals surface area (Å²) in [6, 6.07) is 3.46. The smallest absolute Gasteiger partial charge is 0.289 e. The highest BCUT2D eigenvalue weighted by molar-refractivity contribution is 7.11. The fraction of sp³-hybridized carbons (Fsp3) is 0.571. The van der Waals surface area contributed by atoms with Crippen LogP contribution in [-0.2, 0) is 19.3 Å². The molecular formula is C21H29N5O2S.